The number of hydrogen-bond donors (Lipinski definition) is 0. The summed E-state index contributed by atoms with van der Waals surface area (Å²) in [4.78, 5) is 2.52. The first kappa shape index (κ1) is 21.2. The van der Waals surface area contributed by atoms with Gasteiger partial charge in [-0.25, -0.2) is 0 Å². The van der Waals surface area contributed by atoms with Gasteiger partial charge >= 0.3 is 0 Å². The lowest BCUT2D eigenvalue weighted by Crippen LogP contribution is -2.56. The SMILES string of the molecule is C=C(OCC)C(C)(C(=C)OCC)C1CN(C(c2ccccc2)c2ccccc2)C1. The van der Waals surface area contributed by atoms with E-state index in [2.05, 4.69) is 85.6 Å². The molecule has 1 saturated heterocycles. The van der Waals surface area contributed by atoms with Gasteiger partial charge in [0, 0.05) is 19.0 Å². The Hall–Kier alpha value is -2.52. The van der Waals surface area contributed by atoms with Crippen LogP contribution in [0.2, 0.25) is 0 Å². The Labute approximate surface area is 175 Å². The van der Waals surface area contributed by atoms with Gasteiger partial charge in [-0.05, 0) is 31.9 Å². The third-order valence-electron chi connectivity index (χ3n) is 6.12. The second-order valence-electron chi connectivity index (χ2n) is 7.79. The average Bonchev–Trinajstić information content (AvgIpc) is 2.71. The van der Waals surface area contributed by atoms with Gasteiger partial charge in [0.1, 0.15) is 11.5 Å². The van der Waals surface area contributed by atoms with Gasteiger partial charge in [-0.1, -0.05) is 73.8 Å². The molecule has 1 aliphatic rings. The van der Waals surface area contributed by atoms with Crippen molar-refractivity contribution >= 4 is 0 Å². The van der Waals surface area contributed by atoms with E-state index in [4.69, 9.17) is 9.47 Å². The summed E-state index contributed by atoms with van der Waals surface area (Å²) in [6, 6.07) is 21.7. The summed E-state index contributed by atoms with van der Waals surface area (Å²) >= 11 is 0. The minimum atomic E-state index is -0.402. The van der Waals surface area contributed by atoms with E-state index in [1.54, 1.807) is 0 Å². The average molecular weight is 392 g/mol. The zero-order valence-electron chi connectivity index (χ0n) is 17.9. The molecule has 154 valence electrons. The second kappa shape index (κ2) is 9.32. The molecule has 0 radical (unpaired) electrons. The summed E-state index contributed by atoms with van der Waals surface area (Å²) < 4.78 is 11.7. The highest BCUT2D eigenvalue weighted by atomic mass is 16.5. The maximum absolute atomic E-state index is 5.84. The molecule has 0 aliphatic carbocycles. The number of ether oxygens (including phenoxy) is 2. The highest BCUT2D eigenvalue weighted by molar-refractivity contribution is 5.33. The largest absolute Gasteiger partial charge is 0.498 e. The van der Waals surface area contributed by atoms with E-state index in [-0.39, 0.29) is 6.04 Å². The Morgan fingerprint density at radius 3 is 1.69 bits per heavy atom. The van der Waals surface area contributed by atoms with Gasteiger partial charge in [0.25, 0.3) is 0 Å². The predicted octanol–water partition coefficient (Wildman–Crippen LogP) is 5.81. The minimum absolute atomic E-state index is 0.235. The van der Waals surface area contributed by atoms with Crippen LogP contribution in [0.4, 0.5) is 0 Å². The summed E-state index contributed by atoms with van der Waals surface area (Å²) in [6.07, 6.45) is 0. The fourth-order valence-electron chi connectivity index (χ4n) is 4.23. The van der Waals surface area contributed by atoms with E-state index in [0.29, 0.717) is 19.1 Å². The molecule has 3 nitrogen and oxygen atoms in total. The van der Waals surface area contributed by atoms with Crippen LogP contribution in [0.3, 0.4) is 0 Å². The van der Waals surface area contributed by atoms with Gasteiger partial charge < -0.3 is 9.47 Å². The predicted molar refractivity (Wildman–Crippen MR) is 119 cm³/mol. The van der Waals surface area contributed by atoms with Crippen LogP contribution in [0.15, 0.2) is 85.3 Å². The summed E-state index contributed by atoms with van der Waals surface area (Å²) in [5, 5.41) is 0. The minimum Gasteiger partial charge on any atom is -0.498 e. The Kier molecular flexibility index (Phi) is 6.81. The van der Waals surface area contributed by atoms with Crippen LogP contribution in [0.1, 0.15) is 37.9 Å². The standard InChI is InChI=1S/C26H33NO2/c1-6-28-20(3)26(5,21(4)29-7-2)24-18-27(19-24)25(22-14-10-8-11-15-22)23-16-12-9-13-17-23/h8-17,24-25H,3-4,6-7,18-19H2,1-2,5H3. The van der Waals surface area contributed by atoms with Gasteiger partial charge in [-0.3, -0.25) is 4.90 Å². The Bertz CT molecular complexity index is 752. The van der Waals surface area contributed by atoms with E-state index in [0.717, 1.165) is 24.6 Å². The Balaban J connectivity index is 1.85. The van der Waals surface area contributed by atoms with Crippen LogP contribution >= 0.6 is 0 Å². The van der Waals surface area contributed by atoms with Gasteiger partial charge in [0.15, 0.2) is 0 Å². The van der Waals surface area contributed by atoms with E-state index >= 15 is 0 Å². The van der Waals surface area contributed by atoms with Crippen LogP contribution in [0.5, 0.6) is 0 Å². The summed E-state index contributed by atoms with van der Waals surface area (Å²) in [7, 11) is 0. The normalized spacial score (nSPS) is 15.0. The lowest BCUT2D eigenvalue weighted by molar-refractivity contribution is -0.0303. The van der Waals surface area contributed by atoms with E-state index in [9.17, 15) is 0 Å². The number of nitrogens with zero attached hydrogens (tertiary/aromatic N) is 1. The van der Waals surface area contributed by atoms with Crippen molar-refractivity contribution < 1.29 is 9.47 Å². The van der Waals surface area contributed by atoms with Crippen LogP contribution in [0.25, 0.3) is 0 Å². The highest BCUT2D eigenvalue weighted by Gasteiger charge is 2.49. The maximum Gasteiger partial charge on any atom is 0.103 e. The van der Waals surface area contributed by atoms with Crippen molar-refractivity contribution in [2.24, 2.45) is 11.3 Å². The molecule has 29 heavy (non-hydrogen) atoms. The number of hydrogen-bond acceptors (Lipinski definition) is 3. The summed E-state index contributed by atoms with van der Waals surface area (Å²) in [6.45, 7) is 17.7. The first-order chi connectivity index (χ1) is 14.0. The van der Waals surface area contributed by atoms with Crippen molar-refractivity contribution in [2.45, 2.75) is 26.8 Å². The van der Waals surface area contributed by atoms with Crippen molar-refractivity contribution in [3.8, 4) is 0 Å². The smallest absolute Gasteiger partial charge is 0.103 e. The van der Waals surface area contributed by atoms with Crippen molar-refractivity contribution in [2.75, 3.05) is 26.3 Å². The molecule has 2 aromatic carbocycles. The molecule has 2 aromatic rings. The van der Waals surface area contributed by atoms with Crippen molar-refractivity contribution in [3.05, 3.63) is 96.5 Å². The molecule has 0 spiro atoms. The number of likely N-dealkylation sites (tertiary alicyclic amines) is 1. The van der Waals surface area contributed by atoms with Gasteiger partial charge in [0.05, 0.1) is 24.7 Å². The maximum atomic E-state index is 5.84. The molecule has 0 bridgehead atoms. The van der Waals surface area contributed by atoms with Gasteiger partial charge in [-0.2, -0.15) is 0 Å². The number of rotatable bonds is 10. The fourth-order valence-corrected chi connectivity index (χ4v) is 4.23. The van der Waals surface area contributed by atoms with E-state index in [1.807, 2.05) is 13.8 Å². The molecule has 1 heterocycles. The van der Waals surface area contributed by atoms with Crippen molar-refractivity contribution in [1.29, 1.82) is 0 Å². The van der Waals surface area contributed by atoms with Crippen LogP contribution in [0, 0.1) is 11.3 Å². The highest BCUT2D eigenvalue weighted by Crippen LogP contribution is 2.48. The van der Waals surface area contributed by atoms with Gasteiger partial charge in [-0.15, -0.1) is 0 Å². The quantitative estimate of drug-likeness (QED) is 0.477. The Morgan fingerprint density at radius 2 is 1.31 bits per heavy atom. The summed E-state index contributed by atoms with van der Waals surface area (Å²) in [5.74, 6) is 1.84. The third-order valence-corrected chi connectivity index (χ3v) is 6.12. The van der Waals surface area contributed by atoms with E-state index < -0.39 is 5.41 Å². The molecular weight excluding hydrogens is 358 g/mol. The first-order valence-corrected chi connectivity index (χ1v) is 10.5. The third kappa shape index (κ3) is 4.25. The van der Waals surface area contributed by atoms with E-state index in [1.165, 1.54) is 11.1 Å². The van der Waals surface area contributed by atoms with Gasteiger partial charge in [0.2, 0.25) is 0 Å². The van der Waals surface area contributed by atoms with Crippen LogP contribution in [-0.2, 0) is 9.47 Å². The molecule has 3 heteroatoms. The molecular formula is C26H33NO2. The zero-order valence-corrected chi connectivity index (χ0v) is 17.9. The lowest BCUT2D eigenvalue weighted by Gasteiger charge is -2.52. The Morgan fingerprint density at radius 1 is 0.897 bits per heavy atom. The molecule has 0 unspecified atom stereocenters. The molecule has 0 amide bonds. The number of benzene rings is 2. The first-order valence-electron chi connectivity index (χ1n) is 10.5. The molecule has 0 N–H and O–H groups in total. The molecule has 0 atom stereocenters. The van der Waals surface area contributed by atoms with Crippen molar-refractivity contribution in [1.82, 2.24) is 4.90 Å². The topological polar surface area (TPSA) is 21.7 Å². The van der Waals surface area contributed by atoms with Crippen LogP contribution in [-0.4, -0.2) is 31.2 Å². The molecule has 0 saturated carbocycles. The lowest BCUT2D eigenvalue weighted by atomic mass is 9.69. The fraction of sp³-hybridized carbons (Fsp3) is 0.385. The molecule has 1 aliphatic heterocycles. The summed E-state index contributed by atoms with van der Waals surface area (Å²) in [5.41, 5.74) is 2.22. The molecule has 3 rings (SSSR count). The van der Waals surface area contributed by atoms with Crippen LogP contribution < -0.4 is 0 Å². The second-order valence-corrected chi connectivity index (χ2v) is 7.79. The molecule has 1 fully saturated rings. The monoisotopic (exact) mass is 391 g/mol. The van der Waals surface area contributed by atoms with Crippen molar-refractivity contribution in [3.63, 3.8) is 0 Å². The molecule has 0 aromatic heterocycles. The zero-order chi connectivity index (χ0) is 20.9.